The molecule has 116 valence electrons. The van der Waals surface area contributed by atoms with E-state index in [0.717, 1.165) is 0 Å². The van der Waals surface area contributed by atoms with Crippen LogP contribution in [0, 0.1) is 0 Å². The molecule has 22 heavy (non-hydrogen) atoms. The summed E-state index contributed by atoms with van der Waals surface area (Å²) in [7, 11) is 0. The van der Waals surface area contributed by atoms with E-state index in [0.29, 0.717) is 24.8 Å². The van der Waals surface area contributed by atoms with Crippen molar-refractivity contribution in [3.8, 4) is 0 Å². The zero-order chi connectivity index (χ0) is 15.9. The van der Waals surface area contributed by atoms with E-state index < -0.39 is 24.0 Å². The highest BCUT2D eigenvalue weighted by Gasteiger charge is 2.37. The van der Waals surface area contributed by atoms with Crippen molar-refractivity contribution in [1.29, 1.82) is 0 Å². The molecule has 0 aliphatic carbocycles. The van der Waals surface area contributed by atoms with Gasteiger partial charge in [0.25, 0.3) is 0 Å². The zero-order valence-electron chi connectivity index (χ0n) is 11.3. The predicted molar refractivity (Wildman–Crippen MR) is 69.9 cm³/mol. The highest BCUT2D eigenvalue weighted by Crippen LogP contribution is 2.34. The summed E-state index contributed by atoms with van der Waals surface area (Å²) in [4.78, 5) is 19.6. The van der Waals surface area contributed by atoms with Gasteiger partial charge in [0, 0.05) is 11.9 Å². The van der Waals surface area contributed by atoms with Crippen LogP contribution >= 0.6 is 0 Å². The van der Waals surface area contributed by atoms with Crippen LogP contribution in [-0.2, 0) is 11.0 Å². The molecule has 0 N–H and O–H groups in total. The van der Waals surface area contributed by atoms with Gasteiger partial charge >= 0.3 is 6.18 Å². The average molecular weight is 310 g/mol. The first kappa shape index (κ1) is 14.6. The van der Waals surface area contributed by atoms with Crippen LogP contribution in [0.4, 0.5) is 19.0 Å². The molecule has 0 radical (unpaired) electrons. The highest BCUT2D eigenvalue weighted by atomic mass is 19.4. The number of hydrogen-bond acceptors (Lipinski definition) is 5. The second kappa shape index (κ2) is 5.11. The number of hydrogen-bond donors (Lipinski definition) is 0. The van der Waals surface area contributed by atoms with Crippen LogP contribution in [0.15, 0.2) is 24.3 Å². The van der Waals surface area contributed by atoms with Gasteiger partial charge in [0.2, 0.25) is 5.82 Å². The predicted octanol–water partition coefficient (Wildman–Crippen LogP) is 1.37. The van der Waals surface area contributed by atoms with Crippen LogP contribution in [0.1, 0.15) is 18.7 Å². The summed E-state index contributed by atoms with van der Waals surface area (Å²) in [6.07, 6.45) is -3.82. The molecule has 1 aliphatic rings. The number of benzene rings is 1. The van der Waals surface area contributed by atoms with Crippen molar-refractivity contribution >= 4 is 22.7 Å². The monoisotopic (exact) mass is 310 g/mol. The van der Waals surface area contributed by atoms with Gasteiger partial charge in [-0.25, -0.2) is 9.97 Å². The number of carboxylic acids is 1. The van der Waals surface area contributed by atoms with E-state index in [9.17, 15) is 23.1 Å². The number of aliphatic carboxylic acids is 1. The fourth-order valence-corrected chi connectivity index (χ4v) is 2.67. The Bertz CT molecular complexity index is 733. The number of alkyl halides is 3. The van der Waals surface area contributed by atoms with Gasteiger partial charge in [0.1, 0.15) is 5.82 Å². The van der Waals surface area contributed by atoms with Crippen LogP contribution in [0.25, 0.3) is 10.9 Å². The first-order chi connectivity index (χ1) is 10.4. The smallest absolute Gasteiger partial charge is 0.451 e. The molecule has 1 atom stereocenters. The van der Waals surface area contributed by atoms with E-state index in [1.165, 1.54) is 11.0 Å². The Hall–Kier alpha value is -2.38. The van der Waals surface area contributed by atoms with Gasteiger partial charge in [0.15, 0.2) is 0 Å². The Balaban J connectivity index is 2.21. The molecular formula is C14H11F3N3O2-. The Kier molecular flexibility index (Phi) is 3.38. The maximum absolute atomic E-state index is 13.0. The standard InChI is InChI=1S/C14H12F3N3O2/c15-14(16,17)13-18-9-5-2-1-4-8(9)11(19-13)20-7-3-6-10(20)12(21)22/h1-2,4-5,10H,3,6-7H2,(H,21,22)/p-1/t10-/m0/s1. The van der Waals surface area contributed by atoms with Gasteiger partial charge in [0.05, 0.1) is 17.5 Å². The third-order valence-corrected chi connectivity index (χ3v) is 3.63. The topological polar surface area (TPSA) is 69.2 Å². The van der Waals surface area contributed by atoms with E-state index in [1.54, 1.807) is 18.2 Å². The number of nitrogens with zero attached hydrogens (tertiary/aromatic N) is 3. The molecule has 1 aromatic heterocycles. The fraction of sp³-hybridized carbons (Fsp3) is 0.357. The number of carbonyl (C=O) groups excluding carboxylic acids is 1. The van der Waals surface area contributed by atoms with Crippen LogP contribution in [-0.4, -0.2) is 28.5 Å². The highest BCUT2D eigenvalue weighted by molar-refractivity contribution is 5.91. The normalized spacial score (nSPS) is 18.9. The number of para-hydroxylation sites is 1. The van der Waals surface area contributed by atoms with Gasteiger partial charge in [-0.2, -0.15) is 13.2 Å². The Morgan fingerprint density at radius 3 is 2.68 bits per heavy atom. The molecule has 1 aliphatic heterocycles. The molecular weight excluding hydrogens is 299 g/mol. The van der Waals surface area contributed by atoms with Crippen LogP contribution in [0.5, 0.6) is 0 Å². The van der Waals surface area contributed by atoms with Crippen molar-refractivity contribution < 1.29 is 23.1 Å². The SMILES string of the molecule is O=C([O-])[C@@H]1CCCN1c1nc(C(F)(F)F)nc2ccccc12. The van der Waals surface area contributed by atoms with Crippen molar-refractivity contribution in [2.45, 2.75) is 25.1 Å². The Labute approximate surface area is 123 Å². The van der Waals surface area contributed by atoms with E-state index >= 15 is 0 Å². The molecule has 2 heterocycles. The lowest BCUT2D eigenvalue weighted by atomic mass is 10.2. The lowest BCUT2D eigenvalue weighted by Gasteiger charge is -2.27. The second-order valence-electron chi connectivity index (χ2n) is 5.06. The number of rotatable bonds is 2. The minimum atomic E-state index is -4.70. The first-order valence-corrected chi connectivity index (χ1v) is 6.69. The number of carbonyl (C=O) groups is 1. The summed E-state index contributed by atoms with van der Waals surface area (Å²) in [5.74, 6) is -2.59. The molecule has 3 rings (SSSR count). The molecule has 0 unspecified atom stereocenters. The number of carboxylic acid groups (broad SMARTS) is 1. The van der Waals surface area contributed by atoms with Gasteiger partial charge < -0.3 is 14.8 Å². The van der Waals surface area contributed by atoms with Crippen molar-refractivity contribution in [3.05, 3.63) is 30.1 Å². The number of aromatic nitrogens is 2. The summed E-state index contributed by atoms with van der Waals surface area (Å²) in [5.41, 5.74) is 0.129. The molecule has 1 saturated heterocycles. The summed E-state index contributed by atoms with van der Waals surface area (Å²) in [5, 5.41) is 11.6. The quantitative estimate of drug-likeness (QED) is 0.838. The van der Waals surface area contributed by atoms with Gasteiger partial charge in [-0.15, -0.1) is 0 Å². The maximum atomic E-state index is 13.0. The minimum absolute atomic E-state index is 0.00961. The summed E-state index contributed by atoms with van der Waals surface area (Å²) < 4.78 is 38.9. The summed E-state index contributed by atoms with van der Waals surface area (Å²) in [6, 6.07) is 5.26. The van der Waals surface area contributed by atoms with Crippen molar-refractivity contribution in [2.75, 3.05) is 11.4 Å². The molecule has 8 heteroatoms. The van der Waals surface area contributed by atoms with Crippen LogP contribution in [0.2, 0.25) is 0 Å². The largest absolute Gasteiger partial charge is 0.548 e. The lowest BCUT2D eigenvalue weighted by Crippen LogP contribution is -2.45. The Morgan fingerprint density at radius 1 is 1.27 bits per heavy atom. The summed E-state index contributed by atoms with van der Waals surface area (Å²) in [6.45, 7) is 0.316. The molecule has 0 amide bonds. The van der Waals surface area contributed by atoms with Crippen molar-refractivity contribution in [3.63, 3.8) is 0 Å². The number of fused-ring (bicyclic) bond motifs is 1. The van der Waals surface area contributed by atoms with Crippen molar-refractivity contribution in [2.24, 2.45) is 0 Å². The third-order valence-electron chi connectivity index (χ3n) is 3.63. The minimum Gasteiger partial charge on any atom is -0.548 e. The molecule has 2 aromatic rings. The molecule has 1 aromatic carbocycles. The maximum Gasteiger partial charge on any atom is 0.451 e. The van der Waals surface area contributed by atoms with Crippen LogP contribution < -0.4 is 10.0 Å². The second-order valence-corrected chi connectivity index (χ2v) is 5.06. The number of halogens is 3. The molecule has 0 bridgehead atoms. The zero-order valence-corrected chi connectivity index (χ0v) is 11.3. The molecule has 0 saturated carbocycles. The van der Waals surface area contributed by atoms with E-state index in [-0.39, 0.29) is 11.3 Å². The van der Waals surface area contributed by atoms with E-state index in [4.69, 9.17) is 0 Å². The third kappa shape index (κ3) is 2.44. The van der Waals surface area contributed by atoms with E-state index in [2.05, 4.69) is 9.97 Å². The molecule has 5 nitrogen and oxygen atoms in total. The van der Waals surface area contributed by atoms with E-state index in [1.807, 2.05) is 0 Å². The first-order valence-electron chi connectivity index (χ1n) is 6.69. The fourth-order valence-electron chi connectivity index (χ4n) is 2.67. The summed E-state index contributed by atoms with van der Waals surface area (Å²) >= 11 is 0. The van der Waals surface area contributed by atoms with Gasteiger partial charge in [-0.05, 0) is 25.0 Å². The Morgan fingerprint density at radius 2 is 2.00 bits per heavy atom. The van der Waals surface area contributed by atoms with Gasteiger partial charge in [-0.3, -0.25) is 0 Å². The van der Waals surface area contributed by atoms with Gasteiger partial charge in [-0.1, -0.05) is 12.1 Å². The average Bonchev–Trinajstić information content (AvgIpc) is 2.94. The molecule has 0 spiro atoms. The molecule has 1 fully saturated rings. The van der Waals surface area contributed by atoms with Crippen molar-refractivity contribution in [1.82, 2.24) is 9.97 Å². The number of anilines is 1. The lowest BCUT2D eigenvalue weighted by molar-refractivity contribution is -0.307. The van der Waals surface area contributed by atoms with Crippen LogP contribution in [0.3, 0.4) is 0 Å².